The second-order valence-electron chi connectivity index (χ2n) is 4.54. The molecule has 1 aromatic rings. The minimum Gasteiger partial charge on any atom is -0.388 e. The monoisotopic (exact) mass is 229 g/mol. The van der Waals surface area contributed by atoms with E-state index >= 15 is 0 Å². The van der Waals surface area contributed by atoms with E-state index in [1.807, 2.05) is 13.0 Å². The highest BCUT2D eigenvalue weighted by Gasteiger charge is 2.17. The zero-order valence-electron chi connectivity index (χ0n) is 10.5. The molecule has 2 heteroatoms. The molecule has 0 saturated carbocycles. The summed E-state index contributed by atoms with van der Waals surface area (Å²) < 4.78 is 0. The Morgan fingerprint density at radius 3 is 3.06 bits per heavy atom. The number of aliphatic hydroxyl groups excluding tert-OH is 1. The lowest BCUT2D eigenvalue weighted by atomic mass is 10.0. The third-order valence-corrected chi connectivity index (χ3v) is 3.34. The van der Waals surface area contributed by atoms with Crippen molar-refractivity contribution >= 4 is 5.69 Å². The van der Waals surface area contributed by atoms with Crippen molar-refractivity contribution in [1.82, 2.24) is 0 Å². The van der Waals surface area contributed by atoms with Gasteiger partial charge in [0.05, 0.1) is 6.10 Å². The Labute approximate surface area is 103 Å². The maximum absolute atomic E-state index is 10.1. The van der Waals surface area contributed by atoms with Gasteiger partial charge in [-0.2, -0.15) is 0 Å². The summed E-state index contributed by atoms with van der Waals surface area (Å²) in [5, 5.41) is 10.1. The predicted molar refractivity (Wildman–Crippen MR) is 71.1 cm³/mol. The van der Waals surface area contributed by atoms with Crippen molar-refractivity contribution in [3.8, 4) is 11.8 Å². The molecular formula is C15H19NO. The number of fused-ring (bicyclic) bond motifs is 1. The fraction of sp³-hybridized carbons (Fsp3) is 0.467. The maximum Gasteiger partial charge on any atom is 0.0799 e. The standard InChI is InChI=1S/C15H19NO/c1-3-4-5-6-15(17)13-7-8-14-12(11-13)9-10-16(14)2/h7-8,11,15,17H,5-6,9-10H2,1-2H3. The highest BCUT2D eigenvalue weighted by atomic mass is 16.3. The van der Waals surface area contributed by atoms with Gasteiger partial charge in [-0.25, -0.2) is 0 Å². The summed E-state index contributed by atoms with van der Waals surface area (Å²) in [7, 11) is 2.11. The molecule has 2 rings (SSSR count). The van der Waals surface area contributed by atoms with Gasteiger partial charge in [-0.15, -0.1) is 11.8 Å². The van der Waals surface area contributed by atoms with Gasteiger partial charge in [-0.3, -0.25) is 0 Å². The Morgan fingerprint density at radius 2 is 2.29 bits per heavy atom. The maximum atomic E-state index is 10.1. The molecule has 0 aromatic heterocycles. The summed E-state index contributed by atoms with van der Waals surface area (Å²) in [6, 6.07) is 6.29. The van der Waals surface area contributed by atoms with E-state index in [9.17, 15) is 5.11 Å². The van der Waals surface area contributed by atoms with Gasteiger partial charge in [0.1, 0.15) is 0 Å². The van der Waals surface area contributed by atoms with Crippen molar-refractivity contribution < 1.29 is 5.11 Å². The molecule has 0 aliphatic carbocycles. The topological polar surface area (TPSA) is 23.5 Å². The van der Waals surface area contributed by atoms with Gasteiger partial charge in [0.2, 0.25) is 0 Å². The second-order valence-corrected chi connectivity index (χ2v) is 4.54. The van der Waals surface area contributed by atoms with Crippen LogP contribution in [-0.4, -0.2) is 18.7 Å². The lowest BCUT2D eigenvalue weighted by Gasteiger charge is -2.14. The number of anilines is 1. The fourth-order valence-electron chi connectivity index (χ4n) is 2.29. The SMILES string of the molecule is CC#CCCC(O)c1ccc2c(c1)CCN2C. The van der Waals surface area contributed by atoms with Crippen LogP contribution in [0, 0.1) is 11.8 Å². The summed E-state index contributed by atoms with van der Waals surface area (Å²) in [5.41, 5.74) is 3.68. The Morgan fingerprint density at radius 1 is 1.47 bits per heavy atom. The Kier molecular flexibility index (Phi) is 3.71. The molecule has 0 spiro atoms. The van der Waals surface area contributed by atoms with Gasteiger partial charge < -0.3 is 10.0 Å². The van der Waals surface area contributed by atoms with Gasteiger partial charge in [0, 0.05) is 25.7 Å². The molecular weight excluding hydrogens is 210 g/mol. The van der Waals surface area contributed by atoms with E-state index < -0.39 is 0 Å². The van der Waals surface area contributed by atoms with Crippen molar-refractivity contribution in [3.63, 3.8) is 0 Å². The first-order valence-corrected chi connectivity index (χ1v) is 6.14. The number of hydrogen-bond donors (Lipinski definition) is 1. The molecule has 1 N–H and O–H groups in total. The first-order valence-electron chi connectivity index (χ1n) is 6.14. The van der Waals surface area contributed by atoms with Crippen LogP contribution in [0.2, 0.25) is 0 Å². The largest absolute Gasteiger partial charge is 0.388 e. The summed E-state index contributed by atoms with van der Waals surface area (Å²) in [4.78, 5) is 2.26. The summed E-state index contributed by atoms with van der Waals surface area (Å²) in [5.74, 6) is 5.84. The van der Waals surface area contributed by atoms with Crippen molar-refractivity contribution in [1.29, 1.82) is 0 Å². The van der Waals surface area contributed by atoms with Crippen molar-refractivity contribution in [2.75, 3.05) is 18.5 Å². The van der Waals surface area contributed by atoms with Crippen molar-refractivity contribution in [3.05, 3.63) is 29.3 Å². The van der Waals surface area contributed by atoms with Crippen LogP contribution in [0.15, 0.2) is 18.2 Å². The second kappa shape index (κ2) is 5.25. The minimum absolute atomic E-state index is 0.382. The average molecular weight is 229 g/mol. The zero-order valence-corrected chi connectivity index (χ0v) is 10.5. The van der Waals surface area contributed by atoms with Crippen LogP contribution < -0.4 is 4.90 Å². The third kappa shape index (κ3) is 2.62. The van der Waals surface area contributed by atoms with Crippen molar-refractivity contribution in [2.45, 2.75) is 32.3 Å². The number of nitrogens with zero attached hydrogens (tertiary/aromatic N) is 1. The van der Waals surface area contributed by atoms with E-state index in [0.29, 0.717) is 0 Å². The molecule has 1 aliphatic heterocycles. The van der Waals surface area contributed by atoms with E-state index in [1.54, 1.807) is 0 Å². The quantitative estimate of drug-likeness (QED) is 0.805. The number of benzene rings is 1. The lowest BCUT2D eigenvalue weighted by Crippen LogP contribution is -2.12. The van der Waals surface area contributed by atoms with Gasteiger partial charge in [0.25, 0.3) is 0 Å². The van der Waals surface area contributed by atoms with Crippen LogP contribution in [0.1, 0.15) is 37.0 Å². The van der Waals surface area contributed by atoms with E-state index in [1.165, 1.54) is 11.3 Å². The van der Waals surface area contributed by atoms with Crippen LogP contribution in [0.5, 0.6) is 0 Å². The summed E-state index contributed by atoms with van der Waals surface area (Å²) in [6.07, 6.45) is 2.18. The molecule has 1 aliphatic rings. The molecule has 90 valence electrons. The normalized spacial score (nSPS) is 15.1. The van der Waals surface area contributed by atoms with E-state index in [0.717, 1.165) is 31.4 Å². The number of likely N-dealkylation sites (N-methyl/N-ethyl adjacent to an activating group) is 1. The molecule has 1 unspecified atom stereocenters. The molecule has 0 bridgehead atoms. The molecule has 0 saturated heterocycles. The van der Waals surface area contributed by atoms with E-state index in [4.69, 9.17) is 0 Å². The average Bonchev–Trinajstić information content (AvgIpc) is 2.71. The molecule has 0 radical (unpaired) electrons. The van der Waals surface area contributed by atoms with Crippen LogP contribution in [0.25, 0.3) is 0 Å². The first-order chi connectivity index (χ1) is 8.22. The smallest absolute Gasteiger partial charge is 0.0799 e. The van der Waals surface area contributed by atoms with E-state index in [2.05, 4.69) is 35.9 Å². The van der Waals surface area contributed by atoms with Crippen LogP contribution in [0.4, 0.5) is 5.69 Å². The van der Waals surface area contributed by atoms with Crippen LogP contribution in [-0.2, 0) is 6.42 Å². The fourth-order valence-corrected chi connectivity index (χ4v) is 2.29. The highest BCUT2D eigenvalue weighted by molar-refractivity contribution is 5.58. The Hall–Kier alpha value is -1.46. The predicted octanol–water partition coefficient (Wildman–Crippen LogP) is 2.52. The van der Waals surface area contributed by atoms with E-state index in [-0.39, 0.29) is 6.10 Å². The summed E-state index contributed by atoms with van der Waals surface area (Å²) in [6.45, 7) is 2.91. The highest BCUT2D eigenvalue weighted by Crippen LogP contribution is 2.30. The van der Waals surface area contributed by atoms with Gasteiger partial charge >= 0.3 is 0 Å². The molecule has 1 heterocycles. The molecule has 1 atom stereocenters. The Balaban J connectivity index is 2.09. The summed E-state index contributed by atoms with van der Waals surface area (Å²) >= 11 is 0. The number of aliphatic hydroxyl groups is 1. The minimum atomic E-state index is -0.382. The zero-order chi connectivity index (χ0) is 12.3. The van der Waals surface area contributed by atoms with Crippen molar-refractivity contribution in [2.24, 2.45) is 0 Å². The third-order valence-electron chi connectivity index (χ3n) is 3.34. The van der Waals surface area contributed by atoms with Gasteiger partial charge in [0.15, 0.2) is 0 Å². The molecule has 1 aromatic carbocycles. The van der Waals surface area contributed by atoms with Gasteiger partial charge in [-0.1, -0.05) is 12.1 Å². The lowest BCUT2D eigenvalue weighted by molar-refractivity contribution is 0.169. The first kappa shape index (κ1) is 12.0. The van der Waals surface area contributed by atoms with Gasteiger partial charge in [-0.05, 0) is 37.0 Å². The number of rotatable bonds is 3. The van der Waals surface area contributed by atoms with Crippen LogP contribution in [0.3, 0.4) is 0 Å². The molecule has 0 amide bonds. The molecule has 17 heavy (non-hydrogen) atoms. The van der Waals surface area contributed by atoms with Crippen LogP contribution >= 0.6 is 0 Å². The molecule has 0 fully saturated rings. The molecule has 2 nitrogen and oxygen atoms in total. The Bertz CT molecular complexity index is 456. The number of hydrogen-bond acceptors (Lipinski definition) is 2.